The second-order valence-electron chi connectivity index (χ2n) is 4.10. The molecule has 0 fully saturated rings. The molecule has 0 saturated carbocycles. The van der Waals surface area contributed by atoms with Crippen LogP contribution in [0.25, 0.3) is 11.0 Å². The molecule has 0 bridgehead atoms. The van der Waals surface area contributed by atoms with Gasteiger partial charge in [0, 0.05) is 6.54 Å². The Kier molecular flexibility index (Phi) is 3.92. The van der Waals surface area contributed by atoms with Gasteiger partial charge >= 0.3 is 5.97 Å². The van der Waals surface area contributed by atoms with E-state index in [1.165, 1.54) is 0 Å². The molecule has 5 heteroatoms. The van der Waals surface area contributed by atoms with Crippen LogP contribution in [0.4, 0.5) is 0 Å². The minimum Gasteiger partial charge on any atom is -0.462 e. The zero-order chi connectivity index (χ0) is 13.0. The molecule has 0 aliphatic carbocycles. The normalized spacial score (nSPS) is 10.8. The van der Waals surface area contributed by atoms with E-state index in [-0.39, 0.29) is 5.97 Å². The summed E-state index contributed by atoms with van der Waals surface area (Å²) in [5.74, 6) is -0.295. The summed E-state index contributed by atoms with van der Waals surface area (Å²) in [4.78, 5) is 11.8. The lowest BCUT2D eigenvalue weighted by molar-refractivity contribution is 0.0500. The van der Waals surface area contributed by atoms with E-state index in [9.17, 15) is 4.79 Å². The summed E-state index contributed by atoms with van der Waals surface area (Å²) in [5.41, 5.74) is 2.19. The summed E-state index contributed by atoms with van der Waals surface area (Å²) in [7, 11) is 0. The van der Waals surface area contributed by atoms with Gasteiger partial charge in [0.05, 0.1) is 17.7 Å². The van der Waals surface area contributed by atoms with Gasteiger partial charge in [0.25, 0.3) is 0 Å². The number of esters is 1. The number of unbranched alkanes of at least 4 members (excludes halogenated alkanes) is 1. The van der Waals surface area contributed by atoms with E-state index >= 15 is 0 Å². The molecule has 5 nitrogen and oxygen atoms in total. The summed E-state index contributed by atoms with van der Waals surface area (Å²) in [6, 6.07) is 5.34. The minimum absolute atomic E-state index is 0.295. The van der Waals surface area contributed by atoms with Crippen LogP contribution in [0.15, 0.2) is 18.2 Å². The Labute approximate surface area is 106 Å². The second-order valence-corrected chi connectivity index (χ2v) is 4.10. The van der Waals surface area contributed by atoms with Gasteiger partial charge in [-0.3, -0.25) is 0 Å². The number of aryl methyl sites for hydroxylation is 1. The van der Waals surface area contributed by atoms with Crippen molar-refractivity contribution in [1.29, 1.82) is 0 Å². The zero-order valence-corrected chi connectivity index (χ0v) is 10.7. The van der Waals surface area contributed by atoms with Crippen molar-refractivity contribution < 1.29 is 9.53 Å². The smallest absolute Gasteiger partial charge is 0.338 e. The van der Waals surface area contributed by atoms with Crippen LogP contribution in [0.1, 0.15) is 37.0 Å². The zero-order valence-electron chi connectivity index (χ0n) is 10.7. The first-order valence-corrected chi connectivity index (χ1v) is 6.26. The molecule has 0 N–H and O–H groups in total. The molecular formula is C13H17N3O2. The van der Waals surface area contributed by atoms with Crippen LogP contribution in [0.3, 0.4) is 0 Å². The minimum atomic E-state index is -0.295. The highest BCUT2D eigenvalue weighted by Crippen LogP contribution is 2.14. The van der Waals surface area contributed by atoms with Crippen LogP contribution in [-0.4, -0.2) is 27.6 Å². The average molecular weight is 247 g/mol. The van der Waals surface area contributed by atoms with Gasteiger partial charge in [-0.1, -0.05) is 18.6 Å². The molecule has 0 unspecified atom stereocenters. The number of hydrogen-bond acceptors (Lipinski definition) is 4. The van der Waals surface area contributed by atoms with Crippen LogP contribution in [-0.2, 0) is 11.3 Å². The van der Waals surface area contributed by atoms with Crippen LogP contribution in [0, 0.1) is 0 Å². The van der Waals surface area contributed by atoms with Crippen LogP contribution in [0.5, 0.6) is 0 Å². The monoisotopic (exact) mass is 247 g/mol. The standard InChI is InChI=1S/C13H17N3O2/c1-3-5-8-18-13(17)10-6-7-12-11(9-10)14-15-16(12)4-2/h6-7,9H,3-5,8H2,1-2H3. The van der Waals surface area contributed by atoms with E-state index < -0.39 is 0 Å². The van der Waals surface area contributed by atoms with E-state index in [1.807, 2.05) is 13.0 Å². The molecule has 0 atom stereocenters. The molecule has 0 radical (unpaired) electrons. The maximum atomic E-state index is 11.8. The molecule has 2 aromatic rings. The largest absolute Gasteiger partial charge is 0.462 e. The Morgan fingerprint density at radius 1 is 1.39 bits per heavy atom. The Bertz CT molecular complexity index is 548. The van der Waals surface area contributed by atoms with Crippen LogP contribution < -0.4 is 0 Å². The molecule has 96 valence electrons. The lowest BCUT2D eigenvalue weighted by Gasteiger charge is -2.03. The predicted molar refractivity (Wildman–Crippen MR) is 68.4 cm³/mol. The van der Waals surface area contributed by atoms with Gasteiger partial charge in [0.1, 0.15) is 5.52 Å². The fraction of sp³-hybridized carbons (Fsp3) is 0.462. The van der Waals surface area contributed by atoms with E-state index in [2.05, 4.69) is 17.2 Å². The predicted octanol–water partition coefficient (Wildman–Crippen LogP) is 2.41. The number of nitrogens with zero attached hydrogens (tertiary/aromatic N) is 3. The molecule has 2 rings (SSSR count). The van der Waals surface area contributed by atoms with E-state index in [0.29, 0.717) is 12.2 Å². The van der Waals surface area contributed by atoms with Gasteiger partial charge in [-0.15, -0.1) is 5.10 Å². The average Bonchev–Trinajstić information content (AvgIpc) is 2.80. The number of fused-ring (bicyclic) bond motifs is 1. The van der Waals surface area contributed by atoms with E-state index in [4.69, 9.17) is 4.74 Å². The fourth-order valence-corrected chi connectivity index (χ4v) is 1.73. The summed E-state index contributed by atoms with van der Waals surface area (Å²) in [6.07, 6.45) is 1.90. The highest BCUT2D eigenvalue weighted by molar-refractivity contribution is 5.93. The molecular weight excluding hydrogens is 230 g/mol. The molecule has 18 heavy (non-hydrogen) atoms. The quantitative estimate of drug-likeness (QED) is 0.601. The number of hydrogen-bond donors (Lipinski definition) is 0. The van der Waals surface area contributed by atoms with Crippen molar-refractivity contribution in [1.82, 2.24) is 15.0 Å². The lowest BCUT2D eigenvalue weighted by atomic mass is 10.2. The first kappa shape index (κ1) is 12.5. The topological polar surface area (TPSA) is 57.0 Å². The summed E-state index contributed by atoms with van der Waals surface area (Å²) in [5, 5.41) is 8.04. The van der Waals surface area contributed by atoms with Crippen molar-refractivity contribution in [2.75, 3.05) is 6.61 Å². The second kappa shape index (κ2) is 5.62. The van der Waals surface area contributed by atoms with Gasteiger partial charge in [0.2, 0.25) is 0 Å². The number of carbonyl (C=O) groups is 1. The molecule has 0 aliphatic heterocycles. The molecule has 0 saturated heterocycles. The Hall–Kier alpha value is -1.91. The number of carbonyl (C=O) groups excluding carboxylic acids is 1. The van der Waals surface area contributed by atoms with Crippen molar-refractivity contribution in [3.63, 3.8) is 0 Å². The molecule has 1 heterocycles. The number of rotatable bonds is 5. The van der Waals surface area contributed by atoms with E-state index in [0.717, 1.165) is 30.4 Å². The lowest BCUT2D eigenvalue weighted by Crippen LogP contribution is -2.06. The van der Waals surface area contributed by atoms with E-state index in [1.54, 1.807) is 16.8 Å². The van der Waals surface area contributed by atoms with Crippen molar-refractivity contribution in [2.24, 2.45) is 0 Å². The van der Waals surface area contributed by atoms with Crippen LogP contribution in [0.2, 0.25) is 0 Å². The van der Waals surface area contributed by atoms with Crippen molar-refractivity contribution in [3.8, 4) is 0 Å². The number of ether oxygens (including phenoxy) is 1. The van der Waals surface area contributed by atoms with Crippen molar-refractivity contribution in [3.05, 3.63) is 23.8 Å². The van der Waals surface area contributed by atoms with Gasteiger partial charge in [-0.05, 0) is 31.5 Å². The van der Waals surface area contributed by atoms with Gasteiger partial charge < -0.3 is 4.74 Å². The third kappa shape index (κ3) is 2.50. The highest BCUT2D eigenvalue weighted by atomic mass is 16.5. The Morgan fingerprint density at radius 2 is 2.22 bits per heavy atom. The summed E-state index contributed by atoms with van der Waals surface area (Å²) in [6.45, 7) is 5.29. The molecule has 0 amide bonds. The van der Waals surface area contributed by atoms with Gasteiger partial charge in [-0.25, -0.2) is 9.48 Å². The van der Waals surface area contributed by atoms with Crippen LogP contribution >= 0.6 is 0 Å². The fourth-order valence-electron chi connectivity index (χ4n) is 1.73. The highest BCUT2D eigenvalue weighted by Gasteiger charge is 2.10. The number of benzene rings is 1. The number of aromatic nitrogens is 3. The molecule has 0 spiro atoms. The third-order valence-corrected chi connectivity index (χ3v) is 2.78. The Morgan fingerprint density at radius 3 is 2.94 bits per heavy atom. The van der Waals surface area contributed by atoms with Crippen molar-refractivity contribution >= 4 is 17.0 Å². The molecule has 1 aromatic heterocycles. The molecule has 1 aromatic carbocycles. The maximum Gasteiger partial charge on any atom is 0.338 e. The summed E-state index contributed by atoms with van der Waals surface area (Å²) < 4.78 is 6.95. The molecule has 0 aliphatic rings. The van der Waals surface area contributed by atoms with Gasteiger partial charge in [-0.2, -0.15) is 0 Å². The SMILES string of the molecule is CCCCOC(=O)c1ccc2c(c1)nnn2CC. The summed E-state index contributed by atoms with van der Waals surface area (Å²) >= 11 is 0. The first-order chi connectivity index (χ1) is 8.76. The third-order valence-electron chi connectivity index (χ3n) is 2.78. The van der Waals surface area contributed by atoms with Gasteiger partial charge in [0.15, 0.2) is 0 Å². The van der Waals surface area contributed by atoms with Crippen molar-refractivity contribution in [2.45, 2.75) is 33.2 Å². The first-order valence-electron chi connectivity index (χ1n) is 6.26. The maximum absolute atomic E-state index is 11.8. The Balaban J connectivity index is 2.17.